The lowest BCUT2D eigenvalue weighted by Crippen LogP contribution is -2.71. The Kier molecular flexibility index (Phi) is 7.00. The monoisotopic (exact) mass is 674 g/mol. The first kappa shape index (κ1) is 32.1. The number of rotatable bonds is 8. The van der Waals surface area contributed by atoms with Gasteiger partial charge in [-0.2, -0.15) is 26.6 Å². The van der Waals surface area contributed by atoms with Gasteiger partial charge in [-0.1, -0.05) is 50.2 Å². The van der Waals surface area contributed by atoms with Crippen molar-refractivity contribution in [3.63, 3.8) is 0 Å². The molecule has 0 aliphatic heterocycles. The van der Waals surface area contributed by atoms with Crippen LogP contribution in [0.3, 0.4) is 0 Å². The van der Waals surface area contributed by atoms with Gasteiger partial charge >= 0.3 is 15.5 Å². The van der Waals surface area contributed by atoms with E-state index in [4.69, 9.17) is 9.51 Å². The molecule has 0 radical (unpaired) electrons. The summed E-state index contributed by atoms with van der Waals surface area (Å²) in [7, 11) is -5.54. The summed E-state index contributed by atoms with van der Waals surface area (Å²) in [5.74, 6) is 1.34. The number of hydrogen-bond donors (Lipinski definition) is 1. The van der Waals surface area contributed by atoms with E-state index in [1.807, 2.05) is 49.9 Å². The van der Waals surface area contributed by atoms with E-state index in [0.29, 0.717) is 29.2 Å². The first-order valence-corrected chi connectivity index (χ1v) is 17.5. The quantitative estimate of drug-likeness (QED) is 0.245. The number of aromatic nitrogens is 2. The normalized spacial score (nSPS) is 29.9. The maximum absolute atomic E-state index is 14.6. The van der Waals surface area contributed by atoms with Gasteiger partial charge in [0.05, 0.1) is 5.41 Å². The Labute approximate surface area is 271 Å². The third-order valence-corrected chi connectivity index (χ3v) is 12.1. The molecule has 0 unspecified atom stereocenters. The van der Waals surface area contributed by atoms with E-state index in [0.717, 1.165) is 44.3 Å². The average molecular weight is 675 g/mol. The minimum atomic E-state index is -5.54. The number of alkyl halides is 4. The molecule has 0 atom stereocenters. The van der Waals surface area contributed by atoms with Crippen LogP contribution in [0.1, 0.15) is 90.3 Å². The number of benzene rings is 2. The largest absolute Gasteiger partial charge is 0.516 e. The summed E-state index contributed by atoms with van der Waals surface area (Å²) in [5.41, 5.74) is -6.04. The van der Waals surface area contributed by atoms with Crippen LogP contribution in [0.4, 0.5) is 28.9 Å². The molecule has 2 aromatic carbocycles. The van der Waals surface area contributed by atoms with Crippen LogP contribution in [0.5, 0.6) is 0 Å². The van der Waals surface area contributed by atoms with E-state index in [1.165, 1.54) is 24.3 Å². The molecule has 1 N–H and O–H groups in total. The van der Waals surface area contributed by atoms with E-state index >= 15 is 0 Å². The fourth-order valence-corrected chi connectivity index (χ4v) is 8.73. The zero-order chi connectivity index (χ0) is 33.7. The zero-order valence-corrected chi connectivity index (χ0v) is 27.4. The second-order valence-corrected chi connectivity index (χ2v) is 17.2. The molecule has 6 saturated carbocycles. The predicted molar refractivity (Wildman–Crippen MR) is 168 cm³/mol. The molecule has 8 nitrogen and oxygen atoms in total. The van der Waals surface area contributed by atoms with Gasteiger partial charge in [0.15, 0.2) is 5.82 Å². The third-order valence-electron chi connectivity index (χ3n) is 11.0. The molecular weight excluding hydrogens is 636 g/mol. The highest BCUT2D eigenvalue weighted by Crippen LogP contribution is 2.70. The van der Waals surface area contributed by atoms with Crippen LogP contribution in [0.25, 0.3) is 11.1 Å². The summed E-state index contributed by atoms with van der Waals surface area (Å²) in [5, 5.41) is 4.40. The number of nitrogens with one attached hydrogen (secondary N) is 1. The van der Waals surface area contributed by atoms with Crippen molar-refractivity contribution in [1.29, 1.82) is 0 Å². The van der Waals surface area contributed by atoms with Gasteiger partial charge in [-0.3, -0.25) is 9.52 Å². The molecule has 3 aromatic rings. The molecule has 1 aromatic heterocycles. The molecule has 9 rings (SSSR count). The molecule has 6 aliphatic rings. The molecule has 252 valence electrons. The lowest BCUT2D eigenvalue weighted by Gasteiger charge is -2.65. The van der Waals surface area contributed by atoms with E-state index in [1.54, 1.807) is 4.72 Å². The highest BCUT2D eigenvalue weighted by Gasteiger charge is 2.73. The van der Waals surface area contributed by atoms with Gasteiger partial charge in [0.2, 0.25) is 11.8 Å². The van der Waals surface area contributed by atoms with E-state index in [-0.39, 0.29) is 47.1 Å². The maximum Gasteiger partial charge on any atom is 0.516 e. The molecule has 4 bridgehead atoms. The summed E-state index contributed by atoms with van der Waals surface area (Å²) in [6.45, 7) is 6.64. The van der Waals surface area contributed by atoms with Crippen molar-refractivity contribution >= 4 is 27.3 Å². The maximum atomic E-state index is 14.6. The molecule has 1 heterocycles. The van der Waals surface area contributed by atoms with E-state index < -0.39 is 26.6 Å². The molecule has 1 amide bonds. The van der Waals surface area contributed by atoms with Crippen molar-refractivity contribution in [1.82, 2.24) is 10.1 Å². The number of fused-ring (bicyclic) bond motifs is 3. The van der Waals surface area contributed by atoms with Crippen LogP contribution in [-0.4, -0.2) is 42.2 Å². The van der Waals surface area contributed by atoms with Gasteiger partial charge in [-0.15, -0.1) is 0 Å². The smallest absolute Gasteiger partial charge is 0.339 e. The Balaban J connectivity index is 1.13. The number of amides is 1. The van der Waals surface area contributed by atoms with Crippen LogP contribution in [0.15, 0.2) is 53.1 Å². The van der Waals surface area contributed by atoms with Crippen molar-refractivity contribution in [2.24, 2.45) is 10.8 Å². The number of sulfonamides is 1. The fourth-order valence-electron chi connectivity index (χ4n) is 8.17. The number of halogens is 4. The van der Waals surface area contributed by atoms with Crippen molar-refractivity contribution in [3.8, 4) is 11.1 Å². The second-order valence-electron chi connectivity index (χ2n) is 15.5. The third kappa shape index (κ3) is 5.42. The zero-order valence-electron chi connectivity index (χ0n) is 26.6. The van der Waals surface area contributed by atoms with Crippen molar-refractivity contribution in [2.45, 2.75) is 101 Å². The molecule has 47 heavy (non-hydrogen) atoms. The van der Waals surface area contributed by atoms with Gasteiger partial charge in [0.25, 0.3) is 0 Å². The fraction of sp³-hybridized carbons (Fsp3) is 0.559. The van der Waals surface area contributed by atoms with Crippen molar-refractivity contribution in [2.75, 3.05) is 16.2 Å². The number of nitrogens with zero attached hydrogens (tertiary/aromatic N) is 3. The Bertz CT molecular complexity index is 1790. The number of anilines is 2. The Morgan fingerprint density at radius 2 is 1.55 bits per heavy atom. The van der Waals surface area contributed by atoms with E-state index in [2.05, 4.69) is 5.16 Å². The number of carbonyl (C=O) groups excluding carboxylic acids is 1. The lowest BCUT2D eigenvalue weighted by molar-refractivity contribution is -0.211. The van der Waals surface area contributed by atoms with Gasteiger partial charge in [-0.25, -0.2) is 4.39 Å². The van der Waals surface area contributed by atoms with Crippen LogP contribution < -0.4 is 9.62 Å². The molecule has 6 fully saturated rings. The number of hydrogen-bond acceptors (Lipinski definition) is 6. The lowest BCUT2D eigenvalue weighted by atomic mass is 9.41. The average Bonchev–Trinajstić information content (AvgIpc) is 3.51. The summed E-state index contributed by atoms with van der Waals surface area (Å²) in [6.07, 6.45) is 6.09. The summed E-state index contributed by atoms with van der Waals surface area (Å²) >= 11 is 0. The molecule has 0 saturated heterocycles. The van der Waals surface area contributed by atoms with E-state index in [9.17, 15) is 30.8 Å². The van der Waals surface area contributed by atoms with Gasteiger partial charge in [0, 0.05) is 28.7 Å². The molecule has 0 spiro atoms. The van der Waals surface area contributed by atoms with Crippen molar-refractivity contribution in [3.05, 3.63) is 60.2 Å². The van der Waals surface area contributed by atoms with Crippen molar-refractivity contribution < 1.29 is 35.3 Å². The first-order chi connectivity index (χ1) is 21.9. The Morgan fingerprint density at radius 3 is 2.09 bits per heavy atom. The Hall–Kier alpha value is -3.48. The van der Waals surface area contributed by atoms with Crippen LogP contribution >= 0.6 is 0 Å². The summed E-state index contributed by atoms with van der Waals surface area (Å²) < 4.78 is 83.4. The predicted octanol–water partition coefficient (Wildman–Crippen LogP) is 7.81. The minimum Gasteiger partial charge on any atom is -0.339 e. The topological polar surface area (TPSA) is 105 Å². The van der Waals surface area contributed by atoms with Crippen LogP contribution in [0, 0.1) is 10.8 Å². The van der Waals surface area contributed by atoms with Gasteiger partial charge in [-0.05, 0) is 98.6 Å². The SMILES string of the molecule is CC(C)(C)c1nc(C23CCC(CN(C(=O)C45CC(F)(C4)C5)c4cccc(-c5ccc(NS(=O)(=O)C(F)(F)F)cc5)c4)(CC2)CC3)no1. The highest BCUT2D eigenvalue weighted by atomic mass is 32.2. The van der Waals surface area contributed by atoms with Gasteiger partial charge < -0.3 is 9.42 Å². The van der Waals surface area contributed by atoms with Crippen LogP contribution in [-0.2, 0) is 25.6 Å². The molecule has 13 heteroatoms. The first-order valence-electron chi connectivity index (χ1n) is 16.0. The summed E-state index contributed by atoms with van der Waals surface area (Å²) in [4.78, 5) is 20.9. The Morgan fingerprint density at radius 1 is 0.936 bits per heavy atom. The minimum absolute atomic E-state index is 0.0594. The standard InChI is InChI=1S/C34H38F4N4O4S/c1-29(2,3)27-39-26(40-46-27)31-14-11-30(12-15-31,13-16-31)21-42(28(43)32-18-33(35,19-32)20-32)25-6-4-5-23(17-25)22-7-9-24(10-8-22)41-47(44,45)34(36,37)38/h4-10,17,41H,11-16,18-21H2,1-3H3. The molecule has 6 aliphatic carbocycles. The molecular formula is C34H38F4N4O4S. The second kappa shape index (κ2) is 10.3. The van der Waals surface area contributed by atoms with Gasteiger partial charge in [0.1, 0.15) is 5.67 Å². The highest BCUT2D eigenvalue weighted by molar-refractivity contribution is 7.93. The van der Waals surface area contributed by atoms with Crippen LogP contribution in [0.2, 0.25) is 0 Å². The summed E-state index contributed by atoms with van der Waals surface area (Å²) in [6, 6.07) is 12.9. The number of carbonyl (C=O) groups is 1.